The summed E-state index contributed by atoms with van der Waals surface area (Å²) in [5.41, 5.74) is 0.530. The fourth-order valence-corrected chi connectivity index (χ4v) is 2.55. The first kappa shape index (κ1) is 18.3. The lowest BCUT2D eigenvalue weighted by Gasteiger charge is -2.23. The van der Waals surface area contributed by atoms with E-state index in [0.29, 0.717) is 22.9 Å². The maximum absolute atomic E-state index is 12.3. The molecular formula is C21H20N2O4. The standard InChI is InChI=1S/C21H20N2O4/c1-16(24)23(15-21(25)22-14-18-10-7-13-26-18)19-11-5-6-12-20(19)27-17-8-3-2-4-9-17/h2-13H,14-15H2,1H3,(H,22,25). The number of nitrogens with zero attached hydrogens (tertiary/aromatic N) is 1. The van der Waals surface area contributed by atoms with Gasteiger partial charge in [-0.3, -0.25) is 14.5 Å². The molecule has 6 nitrogen and oxygen atoms in total. The molecule has 2 aromatic carbocycles. The Bertz CT molecular complexity index is 892. The molecule has 0 atom stereocenters. The Labute approximate surface area is 157 Å². The monoisotopic (exact) mass is 364 g/mol. The fraction of sp³-hybridized carbons (Fsp3) is 0.143. The van der Waals surface area contributed by atoms with Crippen LogP contribution in [0.5, 0.6) is 11.5 Å². The van der Waals surface area contributed by atoms with Crippen LogP contribution in [0.3, 0.4) is 0 Å². The zero-order chi connectivity index (χ0) is 19.1. The van der Waals surface area contributed by atoms with Crippen LogP contribution in [-0.4, -0.2) is 18.4 Å². The molecule has 0 unspecified atom stereocenters. The lowest BCUT2D eigenvalue weighted by atomic mass is 10.2. The Morgan fingerprint density at radius 3 is 2.44 bits per heavy atom. The lowest BCUT2D eigenvalue weighted by molar-refractivity contribution is -0.123. The maximum Gasteiger partial charge on any atom is 0.240 e. The summed E-state index contributed by atoms with van der Waals surface area (Å²) in [6.07, 6.45) is 1.54. The molecule has 1 N–H and O–H groups in total. The van der Waals surface area contributed by atoms with Gasteiger partial charge in [-0.1, -0.05) is 30.3 Å². The number of furan rings is 1. The average Bonchev–Trinajstić information content (AvgIpc) is 3.19. The summed E-state index contributed by atoms with van der Waals surface area (Å²) in [5.74, 6) is 1.24. The molecule has 0 saturated heterocycles. The predicted octanol–water partition coefficient (Wildman–Crippen LogP) is 3.74. The van der Waals surface area contributed by atoms with Crippen LogP contribution in [0.15, 0.2) is 77.4 Å². The molecule has 0 saturated carbocycles. The van der Waals surface area contributed by atoms with E-state index in [-0.39, 0.29) is 24.9 Å². The van der Waals surface area contributed by atoms with Crippen molar-refractivity contribution in [2.45, 2.75) is 13.5 Å². The normalized spacial score (nSPS) is 10.3. The van der Waals surface area contributed by atoms with Crippen molar-refractivity contribution < 1.29 is 18.7 Å². The van der Waals surface area contributed by atoms with E-state index in [9.17, 15) is 9.59 Å². The van der Waals surface area contributed by atoms with Gasteiger partial charge in [0.05, 0.1) is 18.5 Å². The zero-order valence-corrected chi connectivity index (χ0v) is 14.9. The molecule has 1 aromatic heterocycles. The molecule has 0 aliphatic carbocycles. The first-order chi connectivity index (χ1) is 13.1. The van der Waals surface area contributed by atoms with Gasteiger partial charge in [0, 0.05) is 6.92 Å². The van der Waals surface area contributed by atoms with E-state index in [0.717, 1.165) is 0 Å². The van der Waals surface area contributed by atoms with Crippen molar-refractivity contribution in [2.75, 3.05) is 11.4 Å². The SMILES string of the molecule is CC(=O)N(CC(=O)NCc1ccco1)c1ccccc1Oc1ccccc1. The van der Waals surface area contributed by atoms with Gasteiger partial charge in [-0.2, -0.15) is 0 Å². The van der Waals surface area contributed by atoms with Gasteiger partial charge in [-0.25, -0.2) is 0 Å². The van der Waals surface area contributed by atoms with Crippen LogP contribution in [0, 0.1) is 0 Å². The molecule has 6 heteroatoms. The summed E-state index contributed by atoms with van der Waals surface area (Å²) in [6, 6.07) is 19.9. The van der Waals surface area contributed by atoms with Crippen LogP contribution >= 0.6 is 0 Å². The van der Waals surface area contributed by atoms with Gasteiger partial charge >= 0.3 is 0 Å². The first-order valence-electron chi connectivity index (χ1n) is 8.52. The van der Waals surface area contributed by atoms with E-state index in [1.807, 2.05) is 36.4 Å². The third-order valence-electron chi connectivity index (χ3n) is 3.85. The summed E-state index contributed by atoms with van der Waals surface area (Å²) in [4.78, 5) is 25.9. The number of carbonyl (C=O) groups is 2. The minimum Gasteiger partial charge on any atom is -0.467 e. The summed E-state index contributed by atoms with van der Waals surface area (Å²) >= 11 is 0. The van der Waals surface area contributed by atoms with Gasteiger partial charge in [0.2, 0.25) is 11.8 Å². The molecular weight excluding hydrogens is 344 g/mol. The zero-order valence-electron chi connectivity index (χ0n) is 14.9. The topological polar surface area (TPSA) is 71.8 Å². The van der Waals surface area contributed by atoms with Gasteiger partial charge in [0.25, 0.3) is 0 Å². The summed E-state index contributed by atoms with van der Waals surface area (Å²) in [6.45, 7) is 1.56. The Kier molecular flexibility index (Phi) is 5.89. The van der Waals surface area contributed by atoms with Gasteiger partial charge < -0.3 is 14.5 Å². The van der Waals surface area contributed by atoms with E-state index in [1.165, 1.54) is 11.8 Å². The number of benzene rings is 2. The van der Waals surface area contributed by atoms with Gasteiger partial charge in [-0.05, 0) is 36.4 Å². The number of hydrogen-bond donors (Lipinski definition) is 1. The van der Waals surface area contributed by atoms with Gasteiger partial charge in [0.15, 0.2) is 5.75 Å². The van der Waals surface area contributed by atoms with Gasteiger partial charge in [0.1, 0.15) is 18.1 Å². The van der Waals surface area contributed by atoms with Crippen LogP contribution in [0.2, 0.25) is 0 Å². The summed E-state index contributed by atoms with van der Waals surface area (Å²) in [5, 5.41) is 2.74. The third-order valence-corrected chi connectivity index (χ3v) is 3.85. The highest BCUT2D eigenvalue weighted by Crippen LogP contribution is 2.32. The van der Waals surface area contributed by atoms with Crippen molar-refractivity contribution in [3.63, 3.8) is 0 Å². The number of nitrogens with one attached hydrogen (secondary N) is 1. The Morgan fingerprint density at radius 2 is 1.74 bits per heavy atom. The molecule has 1 heterocycles. The molecule has 3 aromatic rings. The number of carbonyl (C=O) groups excluding carboxylic acids is 2. The molecule has 2 amide bonds. The van der Waals surface area contributed by atoms with E-state index in [1.54, 1.807) is 36.6 Å². The van der Waals surface area contributed by atoms with Gasteiger partial charge in [-0.15, -0.1) is 0 Å². The second-order valence-electron chi connectivity index (χ2n) is 5.84. The molecule has 0 spiro atoms. The van der Waals surface area contributed by atoms with Crippen molar-refractivity contribution in [1.82, 2.24) is 5.32 Å². The fourth-order valence-electron chi connectivity index (χ4n) is 2.55. The second kappa shape index (κ2) is 8.71. The molecule has 0 aliphatic heterocycles. The van der Waals surface area contributed by atoms with Crippen LogP contribution in [0.1, 0.15) is 12.7 Å². The minimum atomic E-state index is -0.295. The van der Waals surface area contributed by atoms with Crippen LogP contribution in [0.4, 0.5) is 5.69 Å². The second-order valence-corrected chi connectivity index (χ2v) is 5.84. The molecule has 27 heavy (non-hydrogen) atoms. The van der Waals surface area contributed by atoms with Crippen molar-refractivity contribution in [2.24, 2.45) is 0 Å². The largest absolute Gasteiger partial charge is 0.467 e. The van der Waals surface area contributed by atoms with E-state index in [4.69, 9.17) is 9.15 Å². The molecule has 0 aliphatic rings. The van der Waals surface area contributed by atoms with Crippen LogP contribution in [-0.2, 0) is 16.1 Å². The highest BCUT2D eigenvalue weighted by atomic mass is 16.5. The first-order valence-corrected chi connectivity index (χ1v) is 8.52. The number of hydrogen-bond acceptors (Lipinski definition) is 4. The molecule has 3 rings (SSSR count). The summed E-state index contributed by atoms with van der Waals surface area (Å²) in [7, 11) is 0. The van der Waals surface area contributed by atoms with Crippen molar-refractivity contribution >= 4 is 17.5 Å². The number of ether oxygens (including phenoxy) is 1. The number of rotatable bonds is 7. The lowest BCUT2D eigenvalue weighted by Crippen LogP contribution is -2.39. The van der Waals surface area contributed by atoms with Crippen LogP contribution < -0.4 is 15.0 Å². The van der Waals surface area contributed by atoms with E-state index < -0.39 is 0 Å². The van der Waals surface area contributed by atoms with Crippen LogP contribution in [0.25, 0.3) is 0 Å². The summed E-state index contributed by atoms with van der Waals surface area (Å²) < 4.78 is 11.1. The molecule has 0 radical (unpaired) electrons. The quantitative estimate of drug-likeness (QED) is 0.693. The minimum absolute atomic E-state index is 0.120. The average molecular weight is 364 g/mol. The number of anilines is 1. The molecule has 0 fully saturated rings. The predicted molar refractivity (Wildman–Crippen MR) is 102 cm³/mol. The van der Waals surface area contributed by atoms with E-state index >= 15 is 0 Å². The Balaban J connectivity index is 1.74. The highest BCUT2D eigenvalue weighted by Gasteiger charge is 2.19. The maximum atomic E-state index is 12.3. The van der Waals surface area contributed by atoms with Crippen molar-refractivity contribution in [3.8, 4) is 11.5 Å². The van der Waals surface area contributed by atoms with Crippen molar-refractivity contribution in [3.05, 3.63) is 78.8 Å². The van der Waals surface area contributed by atoms with E-state index in [2.05, 4.69) is 5.32 Å². The van der Waals surface area contributed by atoms with Crippen molar-refractivity contribution in [1.29, 1.82) is 0 Å². The molecule has 0 bridgehead atoms. The number of para-hydroxylation sites is 3. The highest BCUT2D eigenvalue weighted by molar-refractivity contribution is 5.98. The third kappa shape index (κ3) is 4.98. The molecule has 138 valence electrons. The Morgan fingerprint density at radius 1 is 1.00 bits per heavy atom. The smallest absolute Gasteiger partial charge is 0.240 e. The Hall–Kier alpha value is -3.54. The number of amides is 2.